The van der Waals surface area contributed by atoms with Crippen molar-refractivity contribution in [2.24, 2.45) is 0 Å². The molecule has 0 atom stereocenters. The topological polar surface area (TPSA) is 141 Å². The van der Waals surface area contributed by atoms with Gasteiger partial charge in [-0.1, -0.05) is 60.7 Å². The fourth-order valence-corrected chi connectivity index (χ4v) is 9.78. The van der Waals surface area contributed by atoms with E-state index in [4.69, 9.17) is 25.4 Å². The summed E-state index contributed by atoms with van der Waals surface area (Å²) in [6, 6.07) is 45.2. The largest absolute Gasteiger partial charge is 0.478 e. The summed E-state index contributed by atoms with van der Waals surface area (Å²) >= 11 is 0. The molecule has 0 amide bonds. The Bertz CT molecular complexity index is 3530. The number of nitrogens with one attached hydrogen (secondary N) is 2. The van der Waals surface area contributed by atoms with Gasteiger partial charge in [0.05, 0.1) is 16.3 Å². The van der Waals surface area contributed by atoms with Crippen LogP contribution in [-0.2, 0) is 12.8 Å². The number of nitrogens with zero attached hydrogens (tertiary/aromatic N) is 1. The van der Waals surface area contributed by atoms with Gasteiger partial charge in [0.2, 0.25) is 0 Å². The van der Waals surface area contributed by atoms with Crippen molar-refractivity contribution in [1.29, 1.82) is 10.8 Å². The van der Waals surface area contributed by atoms with E-state index in [1.807, 2.05) is 60.7 Å². The molecule has 0 spiro atoms. The Labute approximate surface area is 350 Å². The summed E-state index contributed by atoms with van der Waals surface area (Å²) in [5.41, 5.74) is 18.1. The number of hydrogen-bond donors (Lipinski definition) is 4. The molecule has 61 heavy (non-hydrogen) atoms. The summed E-state index contributed by atoms with van der Waals surface area (Å²) in [4.78, 5) is 14.5. The average molecular weight is 797 g/mol. The van der Waals surface area contributed by atoms with E-state index < -0.39 is 5.97 Å². The number of nitrogens with two attached hydrogens (primary N) is 1. The number of fused-ring (bicyclic) bond motifs is 9. The Morgan fingerprint density at radius 3 is 2.02 bits per heavy atom. The highest BCUT2D eigenvalue weighted by Crippen LogP contribution is 2.48. The molecule has 8 nitrogen and oxygen atoms in total. The maximum atomic E-state index is 12.1. The quantitative estimate of drug-likeness (QED) is 0.0797. The van der Waals surface area contributed by atoms with Gasteiger partial charge in [-0.25, -0.2) is 4.79 Å². The van der Waals surface area contributed by atoms with Crippen LogP contribution in [0.3, 0.4) is 0 Å². The zero-order valence-corrected chi connectivity index (χ0v) is 33.2. The second-order valence-corrected chi connectivity index (χ2v) is 16.1. The molecular formula is C53H40N4O4. The molecule has 0 unspecified atom stereocenters. The molecule has 12 rings (SSSR count). The van der Waals surface area contributed by atoms with Crippen LogP contribution in [0.25, 0.3) is 88.0 Å². The van der Waals surface area contributed by atoms with Crippen LogP contribution in [0.5, 0.6) is 0 Å². The first kappa shape index (κ1) is 36.4. The van der Waals surface area contributed by atoms with Crippen LogP contribution >= 0.6 is 0 Å². The first-order chi connectivity index (χ1) is 29.8. The van der Waals surface area contributed by atoms with Gasteiger partial charge < -0.3 is 35.4 Å². The van der Waals surface area contributed by atoms with Crippen molar-refractivity contribution < 1.29 is 18.7 Å². The fourth-order valence-electron chi connectivity index (χ4n) is 9.78. The number of rotatable bonds is 3. The Kier molecular flexibility index (Phi) is 8.49. The molecule has 7 aromatic carbocycles. The van der Waals surface area contributed by atoms with Gasteiger partial charge in [0.1, 0.15) is 22.5 Å². The summed E-state index contributed by atoms with van der Waals surface area (Å²) in [6.45, 7) is 2.15. The van der Waals surface area contributed by atoms with Crippen LogP contribution in [0.1, 0.15) is 34.3 Å². The predicted molar refractivity (Wildman–Crippen MR) is 244 cm³/mol. The normalized spacial score (nSPS) is 13.5. The van der Waals surface area contributed by atoms with Crippen molar-refractivity contribution in [3.8, 4) is 33.6 Å². The fraction of sp³-hybridized carbons (Fsp3) is 0.113. The first-order valence-corrected chi connectivity index (χ1v) is 20.7. The molecule has 0 saturated heterocycles. The van der Waals surface area contributed by atoms with Gasteiger partial charge in [-0.05, 0) is 126 Å². The Hall–Kier alpha value is -7.71. The van der Waals surface area contributed by atoms with Crippen LogP contribution in [0.15, 0.2) is 148 Å². The van der Waals surface area contributed by atoms with Crippen molar-refractivity contribution in [1.82, 2.24) is 0 Å². The lowest BCUT2D eigenvalue weighted by atomic mass is 9.85. The third-order valence-corrected chi connectivity index (χ3v) is 12.4. The molecule has 8 aromatic rings. The number of hydrogen-bond acceptors (Lipinski definition) is 7. The van der Waals surface area contributed by atoms with Crippen LogP contribution in [0.4, 0.5) is 11.4 Å². The molecule has 4 aliphatic rings. The molecule has 4 heterocycles. The minimum atomic E-state index is -0.944. The van der Waals surface area contributed by atoms with Gasteiger partial charge >= 0.3 is 5.97 Å². The second kappa shape index (κ2) is 14.2. The third-order valence-electron chi connectivity index (χ3n) is 12.4. The Morgan fingerprint density at radius 1 is 0.590 bits per heavy atom. The Morgan fingerprint density at radius 2 is 1.25 bits per heavy atom. The molecule has 1 aliphatic carbocycles. The maximum Gasteiger partial charge on any atom is 0.336 e. The predicted octanol–water partition coefficient (Wildman–Crippen LogP) is 11.7. The van der Waals surface area contributed by atoms with E-state index in [1.165, 1.54) is 16.8 Å². The number of carboxylic acid groups (broad SMARTS) is 1. The number of aryl methyl sites for hydroxylation is 2. The van der Waals surface area contributed by atoms with E-state index in [0.717, 1.165) is 121 Å². The van der Waals surface area contributed by atoms with Gasteiger partial charge in [-0.2, -0.15) is 0 Å². The van der Waals surface area contributed by atoms with Crippen LogP contribution in [0, 0.1) is 10.8 Å². The number of carboxylic acids is 1. The van der Waals surface area contributed by atoms with Crippen LogP contribution in [-0.4, -0.2) is 24.2 Å². The van der Waals surface area contributed by atoms with Crippen molar-refractivity contribution in [2.45, 2.75) is 25.7 Å². The lowest BCUT2D eigenvalue weighted by Gasteiger charge is -2.37. The van der Waals surface area contributed by atoms with Crippen LogP contribution in [0.2, 0.25) is 0 Å². The zero-order chi connectivity index (χ0) is 41.4. The SMILES string of the molecule is N=c1ccc2c(-c3ccccc3C(=O)O)c3cc4c5c(c3oc-2c1)CCCN5CCC4.N=c1ccc2c(ccc3c(-c4ccccc4)c4ccc5cc(N)ccc5c4oc32)c1. The summed E-state index contributed by atoms with van der Waals surface area (Å²) in [6.07, 6.45) is 4.19. The van der Waals surface area contributed by atoms with E-state index in [9.17, 15) is 9.90 Å². The van der Waals surface area contributed by atoms with Crippen LogP contribution < -0.4 is 21.3 Å². The average Bonchev–Trinajstić information content (AvgIpc) is 3.28. The van der Waals surface area contributed by atoms with E-state index in [1.54, 1.807) is 24.3 Å². The molecule has 8 heteroatoms. The van der Waals surface area contributed by atoms with Crippen molar-refractivity contribution in [2.75, 3.05) is 23.7 Å². The number of benzene rings is 8. The van der Waals surface area contributed by atoms with Gasteiger partial charge in [0, 0.05) is 79.7 Å². The van der Waals surface area contributed by atoms with Crippen molar-refractivity contribution >= 4 is 71.8 Å². The third kappa shape index (κ3) is 6.01. The molecule has 5 N–H and O–H groups in total. The van der Waals surface area contributed by atoms with Gasteiger partial charge in [-0.15, -0.1) is 0 Å². The summed E-state index contributed by atoms with van der Waals surface area (Å²) < 4.78 is 13.1. The molecule has 0 fully saturated rings. The molecule has 296 valence electrons. The smallest absolute Gasteiger partial charge is 0.336 e. The number of nitrogen functional groups attached to an aromatic ring is 1. The summed E-state index contributed by atoms with van der Waals surface area (Å²) in [7, 11) is 0. The Balaban J connectivity index is 0.000000138. The summed E-state index contributed by atoms with van der Waals surface area (Å²) in [5.74, 6) is -0.320. The van der Waals surface area contributed by atoms with Crippen molar-refractivity contribution in [3.05, 3.63) is 167 Å². The van der Waals surface area contributed by atoms with Gasteiger partial charge in [-0.3, -0.25) is 0 Å². The lowest BCUT2D eigenvalue weighted by Crippen LogP contribution is -2.34. The zero-order valence-electron chi connectivity index (χ0n) is 33.2. The molecule has 0 radical (unpaired) electrons. The van der Waals surface area contributed by atoms with E-state index in [0.29, 0.717) is 22.0 Å². The maximum absolute atomic E-state index is 12.1. The highest BCUT2D eigenvalue weighted by Gasteiger charge is 2.30. The summed E-state index contributed by atoms with van der Waals surface area (Å²) in [5, 5.41) is 34.0. The van der Waals surface area contributed by atoms with Gasteiger partial charge in [0.25, 0.3) is 0 Å². The molecule has 3 aliphatic heterocycles. The minimum absolute atomic E-state index is 0.277. The molecule has 0 bridgehead atoms. The monoisotopic (exact) mass is 796 g/mol. The number of carbonyl (C=O) groups is 1. The van der Waals surface area contributed by atoms with E-state index in [2.05, 4.69) is 59.5 Å². The van der Waals surface area contributed by atoms with Gasteiger partial charge in [0.15, 0.2) is 0 Å². The standard InChI is InChI=1S/C27H18N2O.C26H22N2O3/c28-19-8-12-21-17(14-19)6-10-23-25(16-4-2-1-3-5-16)24-11-7-18-15-20(29)9-13-22(18)27(24)30-26(21)23;27-16-9-10-19-22(14-16)31-25-20-8-4-12-28-11-3-5-15(24(20)28)13-21(25)23(19)17-6-1-2-7-18(17)26(29)30/h1-15,28H,29H2;1-2,6-7,9-10,13-14,27H,3-5,8,11-12H2,(H,29,30). The minimum Gasteiger partial charge on any atom is -0.478 e. The molecule has 0 saturated carbocycles. The molecule has 1 aromatic heterocycles. The highest BCUT2D eigenvalue weighted by atomic mass is 16.4. The molecular weight excluding hydrogens is 757 g/mol. The van der Waals surface area contributed by atoms with E-state index in [-0.39, 0.29) is 5.56 Å². The first-order valence-electron chi connectivity index (χ1n) is 20.7. The highest BCUT2D eigenvalue weighted by molar-refractivity contribution is 6.19. The number of anilines is 2. The number of aromatic carboxylic acids is 1. The van der Waals surface area contributed by atoms with Crippen molar-refractivity contribution in [3.63, 3.8) is 0 Å². The lowest BCUT2D eigenvalue weighted by molar-refractivity contribution is 0.0697. The second-order valence-electron chi connectivity index (χ2n) is 16.1. The van der Waals surface area contributed by atoms with E-state index >= 15 is 0 Å².